The Kier molecular flexibility index (Phi) is 3.46. The molecule has 0 radical (unpaired) electrons. The normalized spacial score (nSPS) is 10.6. The maximum absolute atomic E-state index is 10.5. The van der Waals surface area contributed by atoms with E-state index in [-0.39, 0.29) is 0 Å². The molecule has 0 aliphatic heterocycles. The number of rotatable bonds is 3. The van der Waals surface area contributed by atoms with Crippen LogP contribution in [0.15, 0.2) is 42.6 Å². The van der Waals surface area contributed by atoms with Crippen molar-refractivity contribution < 1.29 is 4.79 Å². The number of hydrogen-bond donors (Lipinski definition) is 0. The van der Waals surface area contributed by atoms with Crippen molar-refractivity contribution in [3.8, 4) is 0 Å². The molecule has 0 atom stereocenters. The van der Waals surface area contributed by atoms with Gasteiger partial charge in [-0.3, -0.25) is 9.78 Å². The molecule has 0 spiro atoms. The molecule has 0 saturated heterocycles. The number of aryl methyl sites for hydroxylation is 1. The van der Waals surface area contributed by atoms with Gasteiger partial charge in [-0.1, -0.05) is 36.4 Å². The van der Waals surface area contributed by atoms with Gasteiger partial charge in [0.1, 0.15) is 6.29 Å². The van der Waals surface area contributed by atoms with Gasteiger partial charge in [0.25, 0.3) is 0 Å². The molecule has 0 saturated carbocycles. The van der Waals surface area contributed by atoms with Crippen LogP contribution in [0.3, 0.4) is 0 Å². The van der Waals surface area contributed by atoms with Crippen LogP contribution in [0.4, 0.5) is 0 Å². The highest BCUT2D eigenvalue weighted by molar-refractivity contribution is 5.76. The number of carbonyl (C=O) groups is 1. The lowest BCUT2D eigenvalue weighted by Gasteiger charge is -1.96. The topological polar surface area (TPSA) is 30.0 Å². The molecular weight excluding hydrogens is 210 g/mol. The monoisotopic (exact) mass is 223 g/mol. The SMILES string of the molecule is Cc1cc(/C=C/c2ccc(C=O)cc2)ccn1. The number of aldehydes is 1. The largest absolute Gasteiger partial charge is 0.298 e. The number of nitrogens with zero attached hydrogens (tertiary/aromatic N) is 1. The van der Waals surface area contributed by atoms with Crippen LogP contribution in [0.1, 0.15) is 27.2 Å². The van der Waals surface area contributed by atoms with E-state index >= 15 is 0 Å². The van der Waals surface area contributed by atoms with Crippen molar-refractivity contribution in [3.63, 3.8) is 0 Å². The molecule has 2 rings (SSSR count). The molecule has 1 aromatic heterocycles. The van der Waals surface area contributed by atoms with Crippen molar-refractivity contribution in [3.05, 3.63) is 65.0 Å². The second-order valence-corrected chi connectivity index (χ2v) is 3.85. The van der Waals surface area contributed by atoms with E-state index in [1.54, 1.807) is 6.20 Å². The average molecular weight is 223 g/mol. The van der Waals surface area contributed by atoms with E-state index in [0.29, 0.717) is 5.56 Å². The fraction of sp³-hybridized carbons (Fsp3) is 0.0667. The van der Waals surface area contributed by atoms with Gasteiger partial charge in [0.05, 0.1) is 0 Å². The molecule has 1 aromatic carbocycles. The molecule has 0 fully saturated rings. The predicted octanol–water partition coefficient (Wildman–Crippen LogP) is 3.37. The molecule has 0 aliphatic carbocycles. The van der Waals surface area contributed by atoms with E-state index in [1.165, 1.54) is 0 Å². The van der Waals surface area contributed by atoms with Gasteiger partial charge in [0.15, 0.2) is 0 Å². The summed E-state index contributed by atoms with van der Waals surface area (Å²) in [5.74, 6) is 0. The van der Waals surface area contributed by atoms with Gasteiger partial charge in [0, 0.05) is 17.5 Å². The summed E-state index contributed by atoms with van der Waals surface area (Å²) in [6.45, 7) is 1.97. The zero-order chi connectivity index (χ0) is 12.1. The number of hydrogen-bond acceptors (Lipinski definition) is 2. The predicted molar refractivity (Wildman–Crippen MR) is 69.7 cm³/mol. The van der Waals surface area contributed by atoms with Crippen molar-refractivity contribution in [1.82, 2.24) is 4.98 Å². The van der Waals surface area contributed by atoms with Crippen LogP contribution in [-0.2, 0) is 0 Å². The zero-order valence-corrected chi connectivity index (χ0v) is 9.63. The minimum absolute atomic E-state index is 0.696. The molecule has 2 nitrogen and oxygen atoms in total. The second-order valence-electron chi connectivity index (χ2n) is 3.85. The first-order valence-corrected chi connectivity index (χ1v) is 5.44. The Balaban J connectivity index is 2.17. The molecule has 0 N–H and O–H groups in total. The first-order valence-electron chi connectivity index (χ1n) is 5.44. The van der Waals surface area contributed by atoms with Crippen molar-refractivity contribution in [2.45, 2.75) is 6.92 Å². The van der Waals surface area contributed by atoms with Crippen LogP contribution in [0.2, 0.25) is 0 Å². The summed E-state index contributed by atoms with van der Waals surface area (Å²) >= 11 is 0. The average Bonchev–Trinajstić information content (AvgIpc) is 2.37. The van der Waals surface area contributed by atoms with E-state index < -0.39 is 0 Å². The summed E-state index contributed by atoms with van der Waals surface area (Å²) in [7, 11) is 0. The number of carbonyl (C=O) groups excluding carboxylic acids is 1. The van der Waals surface area contributed by atoms with Gasteiger partial charge in [-0.15, -0.1) is 0 Å². The molecule has 0 amide bonds. The van der Waals surface area contributed by atoms with Crippen LogP contribution >= 0.6 is 0 Å². The molecule has 17 heavy (non-hydrogen) atoms. The van der Waals surface area contributed by atoms with Gasteiger partial charge in [-0.05, 0) is 30.2 Å². The summed E-state index contributed by atoms with van der Waals surface area (Å²) in [4.78, 5) is 14.7. The second kappa shape index (κ2) is 5.21. The standard InChI is InChI=1S/C15H13NO/c1-12-10-14(8-9-16-12)5-2-13-3-6-15(11-17)7-4-13/h2-11H,1H3/b5-2+. The lowest BCUT2D eigenvalue weighted by Crippen LogP contribution is -1.81. The lowest BCUT2D eigenvalue weighted by molar-refractivity contribution is 0.112. The van der Waals surface area contributed by atoms with Crippen molar-refractivity contribution in [1.29, 1.82) is 0 Å². The molecular formula is C15H13NO. The third-order valence-corrected chi connectivity index (χ3v) is 2.46. The van der Waals surface area contributed by atoms with Crippen LogP contribution in [-0.4, -0.2) is 11.3 Å². The third-order valence-electron chi connectivity index (χ3n) is 2.46. The van der Waals surface area contributed by atoms with E-state index in [4.69, 9.17) is 0 Å². The van der Waals surface area contributed by atoms with Crippen LogP contribution < -0.4 is 0 Å². The maximum atomic E-state index is 10.5. The van der Waals surface area contributed by atoms with Crippen LogP contribution in [0.25, 0.3) is 12.2 Å². The Morgan fingerprint density at radius 2 is 1.59 bits per heavy atom. The Bertz CT molecular complexity index is 541. The molecule has 2 heteroatoms. The summed E-state index contributed by atoms with van der Waals surface area (Å²) in [6, 6.07) is 11.5. The minimum atomic E-state index is 0.696. The summed E-state index contributed by atoms with van der Waals surface area (Å²) < 4.78 is 0. The smallest absolute Gasteiger partial charge is 0.150 e. The van der Waals surface area contributed by atoms with Crippen molar-refractivity contribution >= 4 is 18.4 Å². The molecule has 0 unspecified atom stereocenters. The highest BCUT2D eigenvalue weighted by Crippen LogP contribution is 2.09. The van der Waals surface area contributed by atoms with Gasteiger partial charge in [-0.2, -0.15) is 0 Å². The fourth-order valence-electron chi connectivity index (χ4n) is 1.55. The molecule has 2 aromatic rings. The Morgan fingerprint density at radius 1 is 0.941 bits per heavy atom. The van der Waals surface area contributed by atoms with E-state index in [0.717, 1.165) is 23.1 Å². The minimum Gasteiger partial charge on any atom is -0.298 e. The van der Waals surface area contributed by atoms with Gasteiger partial charge in [0.2, 0.25) is 0 Å². The van der Waals surface area contributed by atoms with Crippen molar-refractivity contribution in [2.75, 3.05) is 0 Å². The highest BCUT2D eigenvalue weighted by Gasteiger charge is 1.91. The van der Waals surface area contributed by atoms with Gasteiger partial charge >= 0.3 is 0 Å². The molecule has 1 heterocycles. The summed E-state index contributed by atoms with van der Waals surface area (Å²) in [5.41, 5.74) is 3.90. The van der Waals surface area contributed by atoms with Crippen LogP contribution in [0.5, 0.6) is 0 Å². The van der Waals surface area contributed by atoms with Crippen molar-refractivity contribution in [2.24, 2.45) is 0 Å². The first kappa shape index (κ1) is 11.3. The highest BCUT2D eigenvalue weighted by atomic mass is 16.1. The molecule has 0 aliphatic rings. The van der Waals surface area contributed by atoms with E-state index in [2.05, 4.69) is 4.98 Å². The van der Waals surface area contributed by atoms with Gasteiger partial charge in [-0.25, -0.2) is 0 Å². The Labute approximate surface area is 101 Å². The zero-order valence-electron chi connectivity index (χ0n) is 9.63. The summed E-state index contributed by atoms with van der Waals surface area (Å²) in [5, 5.41) is 0. The summed E-state index contributed by atoms with van der Waals surface area (Å²) in [6.07, 6.45) is 6.69. The van der Waals surface area contributed by atoms with E-state index in [9.17, 15) is 4.79 Å². The maximum Gasteiger partial charge on any atom is 0.150 e. The fourth-order valence-corrected chi connectivity index (χ4v) is 1.55. The molecule has 84 valence electrons. The van der Waals surface area contributed by atoms with E-state index in [1.807, 2.05) is 55.5 Å². The third kappa shape index (κ3) is 3.11. The number of pyridine rings is 1. The Hall–Kier alpha value is -2.22. The number of aromatic nitrogens is 1. The van der Waals surface area contributed by atoms with Gasteiger partial charge < -0.3 is 0 Å². The number of benzene rings is 1. The van der Waals surface area contributed by atoms with Crippen LogP contribution in [0, 0.1) is 6.92 Å². The Morgan fingerprint density at radius 3 is 2.24 bits per heavy atom. The quantitative estimate of drug-likeness (QED) is 0.747. The lowest BCUT2D eigenvalue weighted by atomic mass is 10.1. The molecule has 0 bridgehead atoms. The first-order chi connectivity index (χ1) is 8.28.